The van der Waals surface area contributed by atoms with Crippen LogP contribution in [0, 0.1) is 5.92 Å². The fourth-order valence-corrected chi connectivity index (χ4v) is 2.72. The number of ether oxygens (including phenoxy) is 2. The molecule has 2 N–H and O–H groups in total. The molecule has 1 aromatic rings. The highest BCUT2D eigenvalue weighted by Crippen LogP contribution is 2.37. The molecule has 0 aliphatic heterocycles. The Kier molecular flexibility index (Phi) is 6.30. The molecule has 0 amide bonds. The first-order chi connectivity index (χ1) is 9.11. The maximum absolute atomic E-state index is 11.0. The molecular weight excluding hydrogens is 278 g/mol. The van der Waals surface area contributed by atoms with Crippen LogP contribution in [0.3, 0.4) is 0 Å². The first-order valence-electron chi connectivity index (χ1n) is 6.73. The predicted octanol–water partition coefficient (Wildman–Crippen LogP) is 3.23. The largest absolute Gasteiger partial charge is 0.493 e. The van der Waals surface area contributed by atoms with E-state index >= 15 is 0 Å². The number of halogens is 1. The quantitative estimate of drug-likeness (QED) is 0.685. The van der Waals surface area contributed by atoms with E-state index in [1.54, 1.807) is 13.2 Å². The molecule has 0 unspecified atom stereocenters. The van der Waals surface area contributed by atoms with Crippen molar-refractivity contribution in [1.82, 2.24) is 0 Å². The minimum atomic E-state index is -0.355. The number of methoxy groups -OCH3 is 1. The highest BCUT2D eigenvalue weighted by atomic mass is 35.5. The maximum atomic E-state index is 11.0. The summed E-state index contributed by atoms with van der Waals surface area (Å²) in [4.78, 5) is 11.0. The minimum Gasteiger partial charge on any atom is -0.493 e. The molecule has 2 rings (SSSR count). The number of benzene rings is 1. The molecule has 4 nitrogen and oxygen atoms in total. The first kappa shape index (κ1) is 16.8. The summed E-state index contributed by atoms with van der Waals surface area (Å²) in [7, 11) is 1.56. The third-order valence-corrected chi connectivity index (χ3v) is 3.73. The van der Waals surface area contributed by atoms with Crippen molar-refractivity contribution in [2.45, 2.75) is 38.6 Å². The molecule has 1 aliphatic rings. The Labute approximate surface area is 126 Å². The van der Waals surface area contributed by atoms with Crippen LogP contribution in [0.2, 0.25) is 0 Å². The number of hydrogen-bond donors (Lipinski definition) is 1. The second kappa shape index (κ2) is 7.50. The molecule has 1 atom stereocenters. The van der Waals surface area contributed by atoms with Crippen molar-refractivity contribution in [3.05, 3.63) is 23.8 Å². The summed E-state index contributed by atoms with van der Waals surface area (Å²) >= 11 is 0. The van der Waals surface area contributed by atoms with Crippen LogP contribution < -0.4 is 15.2 Å². The Morgan fingerprint density at radius 1 is 1.30 bits per heavy atom. The van der Waals surface area contributed by atoms with Crippen LogP contribution in [0.5, 0.6) is 11.5 Å². The van der Waals surface area contributed by atoms with Gasteiger partial charge in [-0.05, 0) is 36.5 Å². The first-order valence-corrected chi connectivity index (χ1v) is 6.73. The number of carbonyl (C=O) groups is 1. The van der Waals surface area contributed by atoms with E-state index in [0.717, 1.165) is 5.56 Å². The third kappa shape index (κ3) is 3.87. The SMILES string of the molecule is COc1cc([C@H](N)C2CCCC2)ccc1OC(C)=O.Cl. The maximum Gasteiger partial charge on any atom is 0.308 e. The number of hydrogen-bond acceptors (Lipinski definition) is 4. The lowest BCUT2D eigenvalue weighted by molar-refractivity contribution is -0.132. The molecule has 1 aliphatic carbocycles. The Morgan fingerprint density at radius 3 is 2.50 bits per heavy atom. The number of esters is 1. The van der Waals surface area contributed by atoms with Gasteiger partial charge in [-0.3, -0.25) is 4.79 Å². The van der Waals surface area contributed by atoms with Gasteiger partial charge in [-0.25, -0.2) is 0 Å². The van der Waals surface area contributed by atoms with Crippen molar-refractivity contribution < 1.29 is 14.3 Å². The van der Waals surface area contributed by atoms with E-state index < -0.39 is 0 Å². The van der Waals surface area contributed by atoms with Crippen LogP contribution in [-0.4, -0.2) is 13.1 Å². The van der Waals surface area contributed by atoms with Gasteiger partial charge in [-0.1, -0.05) is 18.9 Å². The summed E-state index contributed by atoms with van der Waals surface area (Å²) in [5.74, 6) is 1.19. The molecule has 0 radical (unpaired) electrons. The molecule has 0 heterocycles. The van der Waals surface area contributed by atoms with Crippen molar-refractivity contribution in [2.75, 3.05) is 7.11 Å². The predicted molar refractivity (Wildman–Crippen MR) is 80.4 cm³/mol. The molecule has 20 heavy (non-hydrogen) atoms. The standard InChI is InChI=1S/C15H21NO3.ClH/c1-10(17)19-13-8-7-12(9-14(13)18-2)15(16)11-5-3-4-6-11;/h7-9,11,15H,3-6,16H2,1-2H3;1H/t15-;/m1./s1. The number of carbonyl (C=O) groups excluding carboxylic acids is 1. The van der Waals surface area contributed by atoms with Crippen molar-refractivity contribution in [3.63, 3.8) is 0 Å². The average molecular weight is 300 g/mol. The van der Waals surface area contributed by atoms with Crippen LogP contribution in [-0.2, 0) is 4.79 Å². The molecule has 0 saturated heterocycles. The van der Waals surface area contributed by atoms with Crippen LogP contribution in [0.4, 0.5) is 0 Å². The van der Waals surface area contributed by atoms with E-state index in [2.05, 4.69) is 0 Å². The van der Waals surface area contributed by atoms with Crippen LogP contribution >= 0.6 is 12.4 Å². The Bertz CT molecular complexity index is 458. The van der Waals surface area contributed by atoms with Crippen molar-refractivity contribution >= 4 is 18.4 Å². The van der Waals surface area contributed by atoms with E-state index in [1.807, 2.05) is 12.1 Å². The zero-order chi connectivity index (χ0) is 13.8. The van der Waals surface area contributed by atoms with E-state index in [-0.39, 0.29) is 24.4 Å². The molecule has 112 valence electrons. The van der Waals surface area contributed by atoms with Gasteiger partial charge >= 0.3 is 5.97 Å². The lowest BCUT2D eigenvalue weighted by atomic mass is 9.92. The lowest BCUT2D eigenvalue weighted by Gasteiger charge is -2.20. The second-order valence-corrected chi connectivity index (χ2v) is 5.07. The highest BCUT2D eigenvalue weighted by molar-refractivity contribution is 5.85. The van der Waals surface area contributed by atoms with Crippen LogP contribution in [0.1, 0.15) is 44.2 Å². The Hall–Kier alpha value is -1.26. The van der Waals surface area contributed by atoms with Gasteiger partial charge in [0, 0.05) is 13.0 Å². The number of rotatable bonds is 4. The summed E-state index contributed by atoms with van der Waals surface area (Å²) in [6, 6.07) is 5.58. The van der Waals surface area contributed by atoms with Gasteiger partial charge < -0.3 is 15.2 Å². The Balaban J connectivity index is 0.00000200. The summed E-state index contributed by atoms with van der Waals surface area (Å²) in [6.07, 6.45) is 4.91. The van der Waals surface area contributed by atoms with Crippen molar-refractivity contribution in [3.8, 4) is 11.5 Å². The summed E-state index contributed by atoms with van der Waals surface area (Å²) in [5, 5.41) is 0. The molecule has 1 saturated carbocycles. The zero-order valence-corrected chi connectivity index (χ0v) is 12.7. The van der Waals surface area contributed by atoms with Crippen molar-refractivity contribution in [1.29, 1.82) is 0 Å². The van der Waals surface area contributed by atoms with Gasteiger partial charge in [0.15, 0.2) is 11.5 Å². The highest BCUT2D eigenvalue weighted by Gasteiger charge is 2.24. The number of nitrogens with two attached hydrogens (primary N) is 1. The zero-order valence-electron chi connectivity index (χ0n) is 11.9. The van der Waals surface area contributed by atoms with Crippen LogP contribution in [0.25, 0.3) is 0 Å². The molecule has 1 aromatic carbocycles. The summed E-state index contributed by atoms with van der Waals surface area (Å²) in [5.41, 5.74) is 7.35. The van der Waals surface area contributed by atoms with Gasteiger partial charge in [0.25, 0.3) is 0 Å². The fourth-order valence-electron chi connectivity index (χ4n) is 2.72. The third-order valence-electron chi connectivity index (χ3n) is 3.73. The second-order valence-electron chi connectivity index (χ2n) is 5.07. The van der Waals surface area contributed by atoms with E-state index in [0.29, 0.717) is 17.4 Å². The van der Waals surface area contributed by atoms with E-state index in [9.17, 15) is 4.79 Å². The normalized spacial score (nSPS) is 16.4. The van der Waals surface area contributed by atoms with Gasteiger partial charge in [-0.2, -0.15) is 0 Å². The van der Waals surface area contributed by atoms with Crippen molar-refractivity contribution in [2.24, 2.45) is 11.7 Å². The van der Waals surface area contributed by atoms with E-state index in [1.165, 1.54) is 32.6 Å². The molecule has 1 fully saturated rings. The molecular formula is C15H22ClNO3. The Morgan fingerprint density at radius 2 is 1.95 bits per heavy atom. The summed E-state index contributed by atoms with van der Waals surface area (Å²) in [6.45, 7) is 1.37. The minimum absolute atomic E-state index is 0. The molecule has 5 heteroatoms. The van der Waals surface area contributed by atoms with E-state index in [4.69, 9.17) is 15.2 Å². The fraction of sp³-hybridized carbons (Fsp3) is 0.533. The van der Waals surface area contributed by atoms with Gasteiger partial charge in [0.05, 0.1) is 7.11 Å². The van der Waals surface area contributed by atoms with Crippen LogP contribution in [0.15, 0.2) is 18.2 Å². The lowest BCUT2D eigenvalue weighted by Crippen LogP contribution is -2.19. The monoisotopic (exact) mass is 299 g/mol. The topological polar surface area (TPSA) is 61.6 Å². The smallest absolute Gasteiger partial charge is 0.308 e. The van der Waals surface area contributed by atoms with Gasteiger partial charge in [0.2, 0.25) is 0 Å². The van der Waals surface area contributed by atoms with Gasteiger partial charge in [0.1, 0.15) is 0 Å². The average Bonchev–Trinajstić information content (AvgIpc) is 2.91. The summed E-state index contributed by atoms with van der Waals surface area (Å²) < 4.78 is 10.4. The molecule has 0 spiro atoms. The molecule has 0 aromatic heterocycles. The molecule has 0 bridgehead atoms. The van der Waals surface area contributed by atoms with Gasteiger partial charge in [-0.15, -0.1) is 12.4 Å².